The van der Waals surface area contributed by atoms with Gasteiger partial charge >= 0.3 is 0 Å². The number of aromatic nitrogens is 1. The minimum absolute atomic E-state index is 0.00306. The number of carbonyl (C=O) groups excluding carboxylic acids is 1. The summed E-state index contributed by atoms with van der Waals surface area (Å²) in [5.41, 5.74) is 1.86. The molecule has 1 heterocycles. The number of amides is 1. The standard InChI is InChI=1S/C14H24N2O3/c1-5-12(17)6-7-15-14(18)9(2)8-13-10(3)16-19-11(13)4/h9,12,17H,5-8H2,1-4H3,(H,15,18). The van der Waals surface area contributed by atoms with Crippen LogP contribution >= 0.6 is 0 Å². The van der Waals surface area contributed by atoms with Crippen LogP contribution in [0.3, 0.4) is 0 Å². The first-order valence-corrected chi connectivity index (χ1v) is 6.83. The molecule has 5 nitrogen and oxygen atoms in total. The Labute approximate surface area is 114 Å². The minimum Gasteiger partial charge on any atom is -0.393 e. The van der Waals surface area contributed by atoms with E-state index in [0.29, 0.717) is 25.8 Å². The average molecular weight is 268 g/mol. The number of hydrogen-bond acceptors (Lipinski definition) is 4. The Bertz CT molecular complexity index is 395. The average Bonchev–Trinajstić information content (AvgIpc) is 2.69. The number of aliphatic hydroxyl groups excluding tert-OH is 1. The molecule has 5 heteroatoms. The molecule has 108 valence electrons. The summed E-state index contributed by atoms with van der Waals surface area (Å²) in [6.07, 6.45) is 1.60. The molecule has 19 heavy (non-hydrogen) atoms. The van der Waals surface area contributed by atoms with Gasteiger partial charge in [0.05, 0.1) is 11.8 Å². The molecular formula is C14H24N2O3. The molecule has 1 aromatic heterocycles. The zero-order valence-electron chi connectivity index (χ0n) is 12.2. The number of hydrogen-bond donors (Lipinski definition) is 2. The zero-order chi connectivity index (χ0) is 14.4. The summed E-state index contributed by atoms with van der Waals surface area (Å²) < 4.78 is 5.09. The number of carbonyl (C=O) groups is 1. The van der Waals surface area contributed by atoms with Crippen molar-refractivity contribution in [2.24, 2.45) is 5.92 Å². The van der Waals surface area contributed by atoms with Crippen LogP contribution in [0.15, 0.2) is 4.52 Å². The van der Waals surface area contributed by atoms with Gasteiger partial charge in [-0.2, -0.15) is 0 Å². The number of nitrogens with zero attached hydrogens (tertiary/aromatic N) is 1. The van der Waals surface area contributed by atoms with Crippen LogP contribution in [0, 0.1) is 19.8 Å². The molecular weight excluding hydrogens is 244 g/mol. The predicted octanol–water partition coefficient (Wildman–Crippen LogP) is 1.75. The Hall–Kier alpha value is -1.36. The molecule has 2 atom stereocenters. The summed E-state index contributed by atoms with van der Waals surface area (Å²) in [5.74, 6) is 0.650. The fourth-order valence-corrected chi connectivity index (χ4v) is 1.93. The van der Waals surface area contributed by atoms with Crippen LogP contribution in [0.25, 0.3) is 0 Å². The first-order valence-electron chi connectivity index (χ1n) is 6.83. The van der Waals surface area contributed by atoms with Gasteiger partial charge in [-0.25, -0.2) is 0 Å². The summed E-state index contributed by atoms with van der Waals surface area (Å²) in [6, 6.07) is 0. The lowest BCUT2D eigenvalue weighted by Crippen LogP contribution is -2.32. The Morgan fingerprint density at radius 1 is 1.47 bits per heavy atom. The first kappa shape index (κ1) is 15.7. The van der Waals surface area contributed by atoms with Crippen molar-refractivity contribution in [2.45, 2.75) is 53.1 Å². The molecule has 0 aliphatic rings. The van der Waals surface area contributed by atoms with Crippen molar-refractivity contribution in [2.75, 3.05) is 6.54 Å². The molecule has 0 radical (unpaired) electrons. The highest BCUT2D eigenvalue weighted by Crippen LogP contribution is 2.17. The quantitative estimate of drug-likeness (QED) is 0.790. The highest BCUT2D eigenvalue weighted by atomic mass is 16.5. The predicted molar refractivity (Wildman–Crippen MR) is 72.8 cm³/mol. The second kappa shape index (κ2) is 7.28. The number of aryl methyl sites for hydroxylation is 2. The third-order valence-electron chi connectivity index (χ3n) is 3.39. The summed E-state index contributed by atoms with van der Waals surface area (Å²) in [7, 11) is 0. The molecule has 0 saturated carbocycles. The van der Waals surface area contributed by atoms with E-state index in [2.05, 4.69) is 10.5 Å². The summed E-state index contributed by atoms with van der Waals surface area (Å²) in [4.78, 5) is 11.9. The van der Waals surface area contributed by atoms with Gasteiger partial charge in [-0.3, -0.25) is 4.79 Å². The molecule has 1 amide bonds. The van der Waals surface area contributed by atoms with Gasteiger partial charge in [0.15, 0.2) is 0 Å². The SMILES string of the molecule is CCC(O)CCNC(=O)C(C)Cc1c(C)noc1C. The lowest BCUT2D eigenvalue weighted by atomic mass is 9.99. The maximum absolute atomic E-state index is 11.9. The highest BCUT2D eigenvalue weighted by Gasteiger charge is 2.18. The van der Waals surface area contributed by atoms with E-state index in [1.54, 1.807) is 0 Å². The Balaban J connectivity index is 2.41. The van der Waals surface area contributed by atoms with E-state index in [0.717, 1.165) is 17.0 Å². The van der Waals surface area contributed by atoms with E-state index < -0.39 is 0 Å². The first-order chi connectivity index (χ1) is 8.95. The molecule has 0 aliphatic heterocycles. The molecule has 0 aliphatic carbocycles. The smallest absolute Gasteiger partial charge is 0.223 e. The molecule has 2 N–H and O–H groups in total. The van der Waals surface area contributed by atoms with E-state index >= 15 is 0 Å². The fraction of sp³-hybridized carbons (Fsp3) is 0.714. The van der Waals surface area contributed by atoms with Gasteiger partial charge in [0.1, 0.15) is 5.76 Å². The van der Waals surface area contributed by atoms with E-state index in [9.17, 15) is 9.90 Å². The van der Waals surface area contributed by atoms with Crippen LogP contribution in [0.2, 0.25) is 0 Å². The van der Waals surface area contributed by atoms with Crippen LogP contribution in [0.1, 0.15) is 43.7 Å². The van der Waals surface area contributed by atoms with E-state index in [1.807, 2.05) is 27.7 Å². The fourth-order valence-electron chi connectivity index (χ4n) is 1.93. The van der Waals surface area contributed by atoms with E-state index in [-0.39, 0.29) is 17.9 Å². The Morgan fingerprint density at radius 2 is 2.16 bits per heavy atom. The van der Waals surface area contributed by atoms with Crippen molar-refractivity contribution in [1.82, 2.24) is 10.5 Å². The monoisotopic (exact) mass is 268 g/mol. The van der Waals surface area contributed by atoms with Crippen LogP contribution in [-0.4, -0.2) is 28.8 Å². The van der Waals surface area contributed by atoms with Crippen molar-refractivity contribution in [3.8, 4) is 0 Å². The lowest BCUT2D eigenvalue weighted by molar-refractivity contribution is -0.124. The second-order valence-electron chi connectivity index (χ2n) is 5.05. The van der Waals surface area contributed by atoms with Gasteiger partial charge in [-0.05, 0) is 33.1 Å². The molecule has 1 aromatic rings. The largest absolute Gasteiger partial charge is 0.393 e. The van der Waals surface area contributed by atoms with Crippen LogP contribution in [-0.2, 0) is 11.2 Å². The van der Waals surface area contributed by atoms with Gasteiger partial charge < -0.3 is 14.9 Å². The molecule has 0 aromatic carbocycles. The van der Waals surface area contributed by atoms with Crippen molar-refractivity contribution in [3.63, 3.8) is 0 Å². The van der Waals surface area contributed by atoms with Crippen LogP contribution < -0.4 is 5.32 Å². The Kier molecular flexibility index (Phi) is 6.02. The van der Waals surface area contributed by atoms with Crippen molar-refractivity contribution in [3.05, 3.63) is 17.0 Å². The maximum atomic E-state index is 11.9. The highest BCUT2D eigenvalue weighted by molar-refractivity contribution is 5.78. The van der Waals surface area contributed by atoms with Gasteiger partial charge in [0.2, 0.25) is 5.91 Å². The number of rotatable bonds is 7. The van der Waals surface area contributed by atoms with Crippen molar-refractivity contribution < 1.29 is 14.4 Å². The van der Waals surface area contributed by atoms with Crippen molar-refractivity contribution >= 4 is 5.91 Å². The number of aliphatic hydroxyl groups is 1. The zero-order valence-corrected chi connectivity index (χ0v) is 12.2. The second-order valence-corrected chi connectivity index (χ2v) is 5.05. The molecule has 1 rings (SSSR count). The molecule has 0 spiro atoms. The van der Waals surface area contributed by atoms with Crippen LogP contribution in [0.4, 0.5) is 0 Å². The summed E-state index contributed by atoms with van der Waals surface area (Å²) >= 11 is 0. The lowest BCUT2D eigenvalue weighted by Gasteiger charge is -2.13. The summed E-state index contributed by atoms with van der Waals surface area (Å²) in [5, 5.41) is 16.2. The van der Waals surface area contributed by atoms with E-state index in [1.165, 1.54) is 0 Å². The van der Waals surface area contributed by atoms with Gasteiger partial charge in [0.25, 0.3) is 0 Å². The topological polar surface area (TPSA) is 75.4 Å². The van der Waals surface area contributed by atoms with Gasteiger partial charge in [-0.15, -0.1) is 0 Å². The molecule has 0 fully saturated rings. The molecule has 0 bridgehead atoms. The Morgan fingerprint density at radius 3 is 2.68 bits per heavy atom. The third kappa shape index (κ3) is 4.67. The normalized spacial score (nSPS) is 14.2. The van der Waals surface area contributed by atoms with E-state index in [4.69, 9.17) is 4.52 Å². The molecule has 0 saturated heterocycles. The molecule has 2 unspecified atom stereocenters. The van der Waals surface area contributed by atoms with Crippen LogP contribution in [0.5, 0.6) is 0 Å². The van der Waals surface area contributed by atoms with Crippen molar-refractivity contribution in [1.29, 1.82) is 0 Å². The van der Waals surface area contributed by atoms with Gasteiger partial charge in [-0.1, -0.05) is 19.0 Å². The summed E-state index contributed by atoms with van der Waals surface area (Å²) in [6.45, 7) is 8.06. The minimum atomic E-state index is -0.335. The van der Waals surface area contributed by atoms with Gasteiger partial charge in [0, 0.05) is 18.0 Å². The third-order valence-corrected chi connectivity index (χ3v) is 3.39. The maximum Gasteiger partial charge on any atom is 0.223 e. The number of nitrogens with one attached hydrogen (secondary N) is 1.